The fourth-order valence-electron chi connectivity index (χ4n) is 2.73. The maximum atomic E-state index is 12.3. The van der Waals surface area contributed by atoms with Crippen LogP contribution in [0.15, 0.2) is 22.9 Å². The Labute approximate surface area is 132 Å². The minimum atomic E-state index is -0.399. The van der Waals surface area contributed by atoms with Crippen LogP contribution in [0.2, 0.25) is 0 Å². The van der Waals surface area contributed by atoms with Gasteiger partial charge in [0.05, 0.1) is 11.1 Å². The Kier molecular flexibility index (Phi) is 4.37. The number of piperidine rings is 1. The summed E-state index contributed by atoms with van der Waals surface area (Å²) in [6.45, 7) is 3.30. The van der Waals surface area contributed by atoms with Crippen LogP contribution in [-0.4, -0.2) is 34.0 Å². The van der Waals surface area contributed by atoms with Gasteiger partial charge in [-0.05, 0) is 37.1 Å². The number of hydrogen-bond donors (Lipinski definition) is 1. The number of aliphatic hydroxyl groups excluding tert-OH is 1. The molecular formula is C15H18N2O2S2. The van der Waals surface area contributed by atoms with Crippen LogP contribution >= 0.6 is 22.7 Å². The lowest BCUT2D eigenvalue weighted by Gasteiger charge is -2.33. The highest BCUT2D eigenvalue weighted by Crippen LogP contribution is 2.33. The van der Waals surface area contributed by atoms with Crippen LogP contribution in [0.3, 0.4) is 0 Å². The molecule has 1 fully saturated rings. The number of aryl methyl sites for hydroxylation is 1. The van der Waals surface area contributed by atoms with E-state index in [2.05, 4.69) is 4.98 Å². The predicted molar refractivity (Wildman–Crippen MR) is 84.8 cm³/mol. The third kappa shape index (κ3) is 3.17. The monoisotopic (exact) mass is 322 g/mol. The molecule has 1 aliphatic rings. The van der Waals surface area contributed by atoms with Crippen LogP contribution in [0.25, 0.3) is 0 Å². The standard InChI is InChI=1S/C15H18N2O2S2/c1-10-16-12(9-21-10)15(19)17-6-4-11(5-7-17)14(18)13-3-2-8-20-13/h2-3,8-9,11,14,18H,4-7H2,1H3/t14-/m0/s1. The highest BCUT2D eigenvalue weighted by atomic mass is 32.1. The molecule has 6 heteroatoms. The van der Waals surface area contributed by atoms with Crippen molar-refractivity contribution in [2.24, 2.45) is 5.92 Å². The molecule has 0 bridgehead atoms. The van der Waals surface area contributed by atoms with Crippen molar-refractivity contribution in [3.63, 3.8) is 0 Å². The molecule has 3 heterocycles. The average molecular weight is 322 g/mol. The third-order valence-corrected chi connectivity index (χ3v) is 5.66. The number of thiazole rings is 1. The number of aliphatic hydroxyl groups is 1. The molecule has 0 spiro atoms. The van der Waals surface area contributed by atoms with Crippen LogP contribution < -0.4 is 0 Å². The Morgan fingerprint density at radius 2 is 2.19 bits per heavy atom. The summed E-state index contributed by atoms with van der Waals surface area (Å²) in [5, 5.41) is 15.1. The van der Waals surface area contributed by atoms with Crippen molar-refractivity contribution >= 4 is 28.6 Å². The molecule has 1 N–H and O–H groups in total. The lowest BCUT2D eigenvalue weighted by Crippen LogP contribution is -2.39. The van der Waals surface area contributed by atoms with Crippen molar-refractivity contribution in [2.45, 2.75) is 25.9 Å². The zero-order valence-electron chi connectivity index (χ0n) is 11.9. The topological polar surface area (TPSA) is 53.4 Å². The molecule has 21 heavy (non-hydrogen) atoms. The summed E-state index contributed by atoms with van der Waals surface area (Å²) >= 11 is 3.10. The van der Waals surface area contributed by atoms with Gasteiger partial charge in [-0.2, -0.15) is 0 Å². The minimum absolute atomic E-state index is 0.0170. The van der Waals surface area contributed by atoms with E-state index in [1.165, 1.54) is 11.3 Å². The van der Waals surface area contributed by atoms with Gasteiger partial charge in [0.1, 0.15) is 5.69 Å². The molecule has 3 rings (SSSR count). The smallest absolute Gasteiger partial charge is 0.273 e. The van der Waals surface area contributed by atoms with Crippen molar-refractivity contribution < 1.29 is 9.90 Å². The van der Waals surface area contributed by atoms with E-state index in [1.807, 2.05) is 34.7 Å². The van der Waals surface area contributed by atoms with Crippen molar-refractivity contribution in [2.75, 3.05) is 13.1 Å². The fourth-order valence-corrected chi connectivity index (χ4v) is 4.12. The molecule has 2 aromatic heterocycles. The summed E-state index contributed by atoms with van der Waals surface area (Å²) in [5.74, 6) is 0.258. The largest absolute Gasteiger partial charge is 0.387 e. The summed E-state index contributed by atoms with van der Waals surface area (Å²) in [6.07, 6.45) is 1.28. The minimum Gasteiger partial charge on any atom is -0.387 e. The van der Waals surface area contributed by atoms with E-state index < -0.39 is 6.10 Å². The first-order chi connectivity index (χ1) is 10.1. The fraction of sp³-hybridized carbons (Fsp3) is 0.467. The number of nitrogens with zero attached hydrogens (tertiary/aromatic N) is 2. The molecule has 0 unspecified atom stereocenters. The third-order valence-electron chi connectivity index (χ3n) is 3.95. The summed E-state index contributed by atoms with van der Waals surface area (Å²) in [4.78, 5) is 19.5. The van der Waals surface area contributed by atoms with Crippen molar-refractivity contribution in [1.82, 2.24) is 9.88 Å². The number of carbonyl (C=O) groups excluding carboxylic acids is 1. The van der Waals surface area contributed by atoms with Gasteiger partial charge >= 0.3 is 0 Å². The van der Waals surface area contributed by atoms with Crippen LogP contribution in [-0.2, 0) is 0 Å². The van der Waals surface area contributed by atoms with Gasteiger partial charge in [0.15, 0.2) is 0 Å². The van der Waals surface area contributed by atoms with Gasteiger partial charge < -0.3 is 10.0 Å². The number of hydrogen-bond acceptors (Lipinski definition) is 5. The van der Waals surface area contributed by atoms with E-state index in [-0.39, 0.29) is 11.8 Å². The van der Waals surface area contributed by atoms with Gasteiger partial charge in [-0.25, -0.2) is 4.98 Å². The molecule has 1 aliphatic heterocycles. The number of rotatable bonds is 3. The first-order valence-electron chi connectivity index (χ1n) is 7.08. The lowest BCUT2D eigenvalue weighted by molar-refractivity contribution is 0.0470. The Balaban J connectivity index is 1.59. The Bertz CT molecular complexity index is 601. The normalized spacial score (nSPS) is 17.9. The summed E-state index contributed by atoms with van der Waals surface area (Å²) in [5.41, 5.74) is 0.551. The molecule has 0 aromatic carbocycles. The predicted octanol–water partition coefficient (Wildman–Crippen LogP) is 3.10. The number of amides is 1. The first kappa shape index (κ1) is 14.7. The number of thiophene rings is 1. The second-order valence-corrected chi connectivity index (χ2v) is 7.38. The zero-order chi connectivity index (χ0) is 14.8. The lowest BCUT2D eigenvalue weighted by atomic mass is 9.90. The molecule has 1 atom stereocenters. The van der Waals surface area contributed by atoms with Gasteiger partial charge in [-0.3, -0.25) is 4.79 Å². The number of likely N-dealkylation sites (tertiary alicyclic amines) is 1. The van der Waals surface area contributed by atoms with Crippen molar-refractivity contribution in [3.05, 3.63) is 38.5 Å². The molecule has 1 saturated heterocycles. The Hall–Kier alpha value is -1.24. The summed E-state index contributed by atoms with van der Waals surface area (Å²) in [6, 6.07) is 3.94. The van der Waals surface area contributed by atoms with Crippen molar-refractivity contribution in [1.29, 1.82) is 0 Å². The second-order valence-electron chi connectivity index (χ2n) is 5.34. The Morgan fingerprint density at radius 1 is 1.43 bits per heavy atom. The van der Waals surface area contributed by atoms with E-state index in [1.54, 1.807) is 11.3 Å². The van der Waals surface area contributed by atoms with Crippen LogP contribution in [0.4, 0.5) is 0 Å². The maximum absolute atomic E-state index is 12.3. The molecule has 4 nitrogen and oxygen atoms in total. The van der Waals surface area contributed by atoms with E-state index in [0.717, 1.165) is 22.7 Å². The van der Waals surface area contributed by atoms with Gasteiger partial charge in [0.2, 0.25) is 0 Å². The quantitative estimate of drug-likeness (QED) is 0.945. The molecular weight excluding hydrogens is 304 g/mol. The van der Waals surface area contributed by atoms with E-state index in [4.69, 9.17) is 0 Å². The average Bonchev–Trinajstić information content (AvgIpc) is 3.17. The Morgan fingerprint density at radius 3 is 2.76 bits per heavy atom. The summed E-state index contributed by atoms with van der Waals surface area (Å²) < 4.78 is 0. The summed E-state index contributed by atoms with van der Waals surface area (Å²) in [7, 11) is 0. The molecule has 0 radical (unpaired) electrons. The van der Waals surface area contributed by atoms with Crippen LogP contribution in [0.1, 0.15) is 39.3 Å². The molecule has 2 aromatic rings. The van der Waals surface area contributed by atoms with Crippen LogP contribution in [0.5, 0.6) is 0 Å². The van der Waals surface area contributed by atoms with Gasteiger partial charge in [0, 0.05) is 23.3 Å². The molecule has 112 valence electrons. The van der Waals surface area contributed by atoms with E-state index >= 15 is 0 Å². The highest BCUT2D eigenvalue weighted by molar-refractivity contribution is 7.10. The maximum Gasteiger partial charge on any atom is 0.273 e. The van der Waals surface area contributed by atoms with E-state index in [9.17, 15) is 9.90 Å². The SMILES string of the molecule is Cc1nc(C(=O)N2CCC([C@H](O)c3cccs3)CC2)cs1. The van der Waals surface area contributed by atoms with E-state index in [0.29, 0.717) is 18.8 Å². The van der Waals surface area contributed by atoms with Gasteiger partial charge in [-0.1, -0.05) is 6.07 Å². The van der Waals surface area contributed by atoms with Crippen molar-refractivity contribution in [3.8, 4) is 0 Å². The molecule has 1 amide bonds. The van der Waals surface area contributed by atoms with Crippen LogP contribution in [0, 0.1) is 12.8 Å². The second kappa shape index (κ2) is 6.25. The molecule has 0 saturated carbocycles. The highest BCUT2D eigenvalue weighted by Gasteiger charge is 2.29. The zero-order valence-corrected chi connectivity index (χ0v) is 13.5. The number of aromatic nitrogens is 1. The first-order valence-corrected chi connectivity index (χ1v) is 8.84. The molecule has 0 aliphatic carbocycles. The van der Waals surface area contributed by atoms with Gasteiger partial charge in [-0.15, -0.1) is 22.7 Å². The van der Waals surface area contributed by atoms with Gasteiger partial charge in [0.25, 0.3) is 5.91 Å². The number of carbonyl (C=O) groups is 1.